The third kappa shape index (κ3) is 3.33. The molecule has 1 atom stereocenters. The van der Waals surface area contributed by atoms with Crippen LogP contribution in [0.15, 0.2) is 22.7 Å². The van der Waals surface area contributed by atoms with E-state index in [2.05, 4.69) is 47.9 Å². The van der Waals surface area contributed by atoms with Crippen molar-refractivity contribution in [2.75, 3.05) is 0 Å². The van der Waals surface area contributed by atoms with Gasteiger partial charge in [-0.05, 0) is 37.5 Å². The van der Waals surface area contributed by atoms with E-state index >= 15 is 0 Å². The van der Waals surface area contributed by atoms with Crippen LogP contribution in [-0.2, 0) is 19.4 Å². The molecule has 21 heavy (non-hydrogen) atoms. The fraction of sp³-hybridized carbons (Fsp3) is 0.438. The second-order valence-corrected chi connectivity index (χ2v) is 6.37. The first kappa shape index (κ1) is 16.5. The van der Waals surface area contributed by atoms with Gasteiger partial charge in [-0.15, -0.1) is 0 Å². The second-order valence-electron chi connectivity index (χ2n) is 5.14. The van der Waals surface area contributed by atoms with Crippen molar-refractivity contribution in [3.63, 3.8) is 0 Å². The third-order valence-electron chi connectivity index (χ3n) is 3.82. The van der Waals surface area contributed by atoms with Crippen LogP contribution in [0.25, 0.3) is 0 Å². The van der Waals surface area contributed by atoms with Crippen molar-refractivity contribution in [1.82, 2.24) is 9.78 Å². The summed E-state index contributed by atoms with van der Waals surface area (Å²) in [5.74, 6) is 0. The third-order valence-corrected chi connectivity index (χ3v) is 5.11. The van der Waals surface area contributed by atoms with Gasteiger partial charge in [0.1, 0.15) is 0 Å². The lowest BCUT2D eigenvalue weighted by Crippen LogP contribution is -2.17. The summed E-state index contributed by atoms with van der Waals surface area (Å²) in [6.07, 6.45) is 1.53. The zero-order chi connectivity index (χ0) is 15.6. The van der Waals surface area contributed by atoms with Crippen molar-refractivity contribution in [3.8, 4) is 0 Å². The Morgan fingerprint density at radius 2 is 2.10 bits per heavy atom. The molecule has 1 aromatic heterocycles. The Labute approximate surface area is 139 Å². The van der Waals surface area contributed by atoms with Crippen LogP contribution in [0, 0.1) is 6.92 Å². The predicted molar refractivity (Wildman–Crippen MR) is 91.8 cm³/mol. The number of benzene rings is 1. The van der Waals surface area contributed by atoms with E-state index in [1.54, 1.807) is 0 Å². The van der Waals surface area contributed by atoms with Crippen LogP contribution in [0.4, 0.5) is 0 Å². The minimum absolute atomic E-state index is 0.0910. The number of aromatic nitrogens is 2. The van der Waals surface area contributed by atoms with E-state index in [0.717, 1.165) is 39.4 Å². The van der Waals surface area contributed by atoms with Gasteiger partial charge in [0.05, 0.1) is 16.4 Å². The van der Waals surface area contributed by atoms with Crippen LogP contribution < -0.4 is 5.73 Å². The van der Waals surface area contributed by atoms with Gasteiger partial charge in [-0.1, -0.05) is 46.6 Å². The summed E-state index contributed by atoms with van der Waals surface area (Å²) >= 11 is 10.0. The van der Waals surface area contributed by atoms with Gasteiger partial charge in [-0.2, -0.15) is 5.10 Å². The van der Waals surface area contributed by atoms with Crippen LogP contribution in [0.5, 0.6) is 0 Å². The Morgan fingerprint density at radius 1 is 1.38 bits per heavy atom. The molecule has 2 N–H and O–H groups in total. The Bertz CT molecular complexity index is 637. The molecule has 0 spiro atoms. The minimum Gasteiger partial charge on any atom is -0.324 e. The summed E-state index contributed by atoms with van der Waals surface area (Å²) in [5.41, 5.74) is 10.7. The zero-order valence-corrected chi connectivity index (χ0v) is 15.0. The quantitative estimate of drug-likeness (QED) is 0.846. The van der Waals surface area contributed by atoms with Gasteiger partial charge >= 0.3 is 0 Å². The van der Waals surface area contributed by atoms with Gasteiger partial charge in [0.25, 0.3) is 0 Å². The van der Waals surface area contributed by atoms with E-state index < -0.39 is 0 Å². The molecule has 1 heterocycles. The van der Waals surface area contributed by atoms with Crippen molar-refractivity contribution in [3.05, 3.63) is 50.2 Å². The summed E-state index contributed by atoms with van der Waals surface area (Å²) in [6.45, 7) is 7.02. The van der Waals surface area contributed by atoms with E-state index in [9.17, 15) is 0 Å². The number of hydrogen-bond donors (Lipinski definition) is 1. The van der Waals surface area contributed by atoms with Crippen molar-refractivity contribution in [2.24, 2.45) is 5.73 Å². The van der Waals surface area contributed by atoms with E-state index in [4.69, 9.17) is 17.3 Å². The molecule has 1 unspecified atom stereocenters. The predicted octanol–water partition coefficient (Wildman–Crippen LogP) is 4.43. The Hall–Kier alpha value is -0.840. The maximum Gasteiger partial charge on any atom is 0.0850 e. The lowest BCUT2D eigenvalue weighted by atomic mass is 9.98. The molecule has 0 fully saturated rings. The highest BCUT2D eigenvalue weighted by atomic mass is 79.9. The van der Waals surface area contributed by atoms with Crippen LogP contribution >= 0.6 is 27.5 Å². The molecule has 0 aliphatic carbocycles. The van der Waals surface area contributed by atoms with Crippen molar-refractivity contribution in [2.45, 2.75) is 46.2 Å². The maximum absolute atomic E-state index is 6.46. The summed E-state index contributed by atoms with van der Waals surface area (Å²) in [7, 11) is 0. The number of hydrogen-bond acceptors (Lipinski definition) is 2. The maximum atomic E-state index is 6.46. The summed E-state index contributed by atoms with van der Waals surface area (Å²) in [5, 5.41) is 5.32. The molecule has 0 bridgehead atoms. The van der Waals surface area contributed by atoms with E-state index in [1.165, 1.54) is 5.56 Å². The van der Waals surface area contributed by atoms with E-state index in [-0.39, 0.29) is 6.04 Å². The number of aryl methyl sites for hydroxylation is 2. The molecule has 5 heteroatoms. The van der Waals surface area contributed by atoms with Crippen molar-refractivity contribution >= 4 is 27.5 Å². The Balaban J connectivity index is 2.33. The van der Waals surface area contributed by atoms with Crippen molar-refractivity contribution < 1.29 is 0 Å². The van der Waals surface area contributed by atoms with E-state index in [1.807, 2.05) is 16.8 Å². The number of nitrogens with two attached hydrogens (primary N) is 1. The normalized spacial score (nSPS) is 12.7. The molecule has 2 aromatic rings. The highest BCUT2D eigenvalue weighted by molar-refractivity contribution is 9.10. The smallest absolute Gasteiger partial charge is 0.0850 e. The molecular weight excluding hydrogens is 350 g/mol. The molecule has 0 aliphatic rings. The second kappa shape index (κ2) is 6.95. The average Bonchev–Trinajstić information content (AvgIpc) is 2.78. The standard InChI is InChI=1S/C16H21BrClN3/c1-4-14-16(18)15(21(5-2)20-14)9-13(19)11-7-6-8-12(17)10(11)3/h6-8,13H,4-5,9,19H2,1-3H3. The molecule has 0 radical (unpaired) electrons. The lowest BCUT2D eigenvalue weighted by molar-refractivity contribution is 0.584. The van der Waals surface area contributed by atoms with Gasteiger partial charge in [-0.25, -0.2) is 0 Å². The van der Waals surface area contributed by atoms with Gasteiger partial charge in [-0.3, -0.25) is 4.68 Å². The minimum atomic E-state index is -0.0910. The first-order valence-electron chi connectivity index (χ1n) is 7.24. The highest BCUT2D eigenvalue weighted by Gasteiger charge is 2.19. The fourth-order valence-electron chi connectivity index (χ4n) is 2.56. The molecule has 2 rings (SSSR count). The first-order chi connectivity index (χ1) is 9.99. The molecule has 0 aliphatic heterocycles. The Morgan fingerprint density at radius 3 is 2.71 bits per heavy atom. The lowest BCUT2D eigenvalue weighted by Gasteiger charge is -2.16. The number of nitrogens with zero attached hydrogens (tertiary/aromatic N) is 2. The largest absolute Gasteiger partial charge is 0.324 e. The molecular formula is C16H21BrClN3. The van der Waals surface area contributed by atoms with Gasteiger partial charge < -0.3 is 5.73 Å². The van der Waals surface area contributed by atoms with E-state index in [0.29, 0.717) is 6.42 Å². The van der Waals surface area contributed by atoms with Gasteiger partial charge in [0.15, 0.2) is 0 Å². The monoisotopic (exact) mass is 369 g/mol. The molecule has 0 saturated carbocycles. The molecule has 0 saturated heterocycles. The summed E-state index contributed by atoms with van der Waals surface area (Å²) in [6, 6.07) is 6.03. The van der Waals surface area contributed by atoms with Crippen LogP contribution in [0.3, 0.4) is 0 Å². The number of halogens is 2. The van der Waals surface area contributed by atoms with Crippen molar-refractivity contribution in [1.29, 1.82) is 0 Å². The van der Waals surface area contributed by atoms with Crippen LogP contribution in [0.2, 0.25) is 5.02 Å². The summed E-state index contributed by atoms with van der Waals surface area (Å²) in [4.78, 5) is 0. The molecule has 0 amide bonds. The number of rotatable bonds is 5. The highest BCUT2D eigenvalue weighted by Crippen LogP contribution is 2.29. The summed E-state index contributed by atoms with van der Waals surface area (Å²) < 4.78 is 3.05. The van der Waals surface area contributed by atoms with Gasteiger partial charge in [0, 0.05) is 23.5 Å². The molecule has 3 nitrogen and oxygen atoms in total. The first-order valence-corrected chi connectivity index (χ1v) is 8.41. The van der Waals surface area contributed by atoms with Crippen LogP contribution in [0.1, 0.15) is 42.4 Å². The van der Waals surface area contributed by atoms with Gasteiger partial charge in [0.2, 0.25) is 0 Å². The molecule has 1 aromatic carbocycles. The zero-order valence-electron chi connectivity index (χ0n) is 12.7. The topological polar surface area (TPSA) is 43.8 Å². The van der Waals surface area contributed by atoms with Crippen LogP contribution in [-0.4, -0.2) is 9.78 Å². The molecule has 114 valence electrons. The SMILES string of the molecule is CCc1nn(CC)c(CC(N)c2cccc(Br)c2C)c1Cl. The average molecular weight is 371 g/mol. The fourth-order valence-corrected chi connectivity index (χ4v) is 3.28. The Kier molecular flexibility index (Phi) is 5.47.